The van der Waals surface area contributed by atoms with Crippen molar-refractivity contribution in [3.8, 4) is 0 Å². The van der Waals surface area contributed by atoms with E-state index in [2.05, 4.69) is 22.8 Å². The van der Waals surface area contributed by atoms with Crippen LogP contribution in [0.2, 0.25) is 0 Å². The summed E-state index contributed by atoms with van der Waals surface area (Å²) in [4.78, 5) is 34.2. The summed E-state index contributed by atoms with van der Waals surface area (Å²) in [5.41, 5.74) is 4.04. The van der Waals surface area contributed by atoms with Gasteiger partial charge in [0.1, 0.15) is 0 Å². The number of hydrazone groups is 1. The number of amides is 2. The van der Waals surface area contributed by atoms with Crippen LogP contribution in [-0.2, 0) is 4.79 Å². The lowest BCUT2D eigenvalue weighted by atomic mass is 10.1. The Morgan fingerprint density at radius 2 is 1.67 bits per heavy atom. The van der Waals surface area contributed by atoms with Crippen LogP contribution in [-0.4, -0.2) is 23.0 Å². The van der Waals surface area contributed by atoms with Crippen molar-refractivity contribution in [2.45, 2.75) is 45.4 Å². The number of unbranched alkanes of at least 4 members (excludes halogenated alkanes) is 4. The number of anilines is 1. The maximum Gasteiger partial charge on any atom is 0.271 e. The highest BCUT2D eigenvalue weighted by atomic mass is 16.6. The number of nitro benzene ring substituents is 1. The molecule has 0 saturated carbocycles. The third-order valence-corrected chi connectivity index (χ3v) is 4.42. The van der Waals surface area contributed by atoms with Crippen molar-refractivity contribution in [1.29, 1.82) is 0 Å². The van der Waals surface area contributed by atoms with Crippen molar-refractivity contribution < 1.29 is 14.5 Å². The second-order valence-electron chi connectivity index (χ2n) is 6.84. The summed E-state index contributed by atoms with van der Waals surface area (Å²) in [6.07, 6.45) is 7.34. The summed E-state index contributed by atoms with van der Waals surface area (Å²) in [5, 5.41) is 17.3. The molecule has 8 nitrogen and oxygen atoms in total. The smallest absolute Gasteiger partial charge is 0.271 e. The molecule has 0 atom stereocenters. The molecule has 0 unspecified atom stereocenters. The van der Waals surface area contributed by atoms with Crippen LogP contribution in [0.4, 0.5) is 11.4 Å². The molecule has 0 spiro atoms. The highest BCUT2D eigenvalue weighted by Gasteiger charge is 2.07. The van der Waals surface area contributed by atoms with E-state index in [1.807, 2.05) is 0 Å². The molecule has 2 rings (SSSR count). The van der Waals surface area contributed by atoms with E-state index in [1.54, 1.807) is 24.3 Å². The molecule has 0 aliphatic rings. The minimum atomic E-state index is -0.484. The van der Waals surface area contributed by atoms with E-state index in [4.69, 9.17) is 0 Å². The Kier molecular flexibility index (Phi) is 9.18. The SMILES string of the molecule is CCCCCCCC(=O)Nc1ccc(C(=O)N/N=C/c2ccc([N+](=O)[O-])cc2)cc1. The third-order valence-electron chi connectivity index (χ3n) is 4.42. The minimum Gasteiger partial charge on any atom is -0.326 e. The molecule has 2 aromatic rings. The monoisotopic (exact) mass is 410 g/mol. The molecule has 0 bridgehead atoms. The van der Waals surface area contributed by atoms with E-state index in [-0.39, 0.29) is 11.6 Å². The summed E-state index contributed by atoms with van der Waals surface area (Å²) >= 11 is 0. The number of carbonyl (C=O) groups is 2. The number of nitrogens with zero attached hydrogens (tertiary/aromatic N) is 2. The van der Waals surface area contributed by atoms with Crippen molar-refractivity contribution in [2.24, 2.45) is 5.10 Å². The fourth-order valence-corrected chi connectivity index (χ4v) is 2.73. The molecule has 0 saturated heterocycles. The van der Waals surface area contributed by atoms with Gasteiger partial charge in [-0.15, -0.1) is 0 Å². The first-order valence-corrected chi connectivity index (χ1v) is 9.97. The van der Waals surface area contributed by atoms with Crippen molar-refractivity contribution in [3.63, 3.8) is 0 Å². The fraction of sp³-hybridized carbons (Fsp3) is 0.318. The van der Waals surface area contributed by atoms with E-state index in [0.29, 0.717) is 23.2 Å². The standard InChI is InChI=1S/C22H26N4O4/c1-2-3-4-5-6-7-21(27)24-19-12-10-18(11-13-19)22(28)25-23-16-17-8-14-20(15-9-17)26(29)30/h8-16H,2-7H2,1H3,(H,24,27)(H,25,28)/b23-16+. The van der Waals surface area contributed by atoms with Gasteiger partial charge < -0.3 is 5.32 Å². The third kappa shape index (κ3) is 7.83. The maximum absolute atomic E-state index is 12.1. The summed E-state index contributed by atoms with van der Waals surface area (Å²) < 4.78 is 0. The molecule has 8 heteroatoms. The maximum atomic E-state index is 12.1. The van der Waals surface area contributed by atoms with Gasteiger partial charge in [-0.3, -0.25) is 19.7 Å². The number of nitro groups is 1. The lowest BCUT2D eigenvalue weighted by Crippen LogP contribution is -2.17. The molecule has 2 aromatic carbocycles. The lowest BCUT2D eigenvalue weighted by Gasteiger charge is -2.06. The Bertz CT molecular complexity index is 877. The van der Waals surface area contributed by atoms with Crippen molar-refractivity contribution >= 4 is 29.4 Å². The molecule has 2 N–H and O–H groups in total. The fourth-order valence-electron chi connectivity index (χ4n) is 2.73. The van der Waals surface area contributed by atoms with Crippen LogP contribution in [0.25, 0.3) is 0 Å². The second-order valence-corrected chi connectivity index (χ2v) is 6.84. The zero-order valence-corrected chi connectivity index (χ0v) is 17.0. The van der Waals surface area contributed by atoms with E-state index >= 15 is 0 Å². The predicted molar refractivity (Wildman–Crippen MR) is 117 cm³/mol. The van der Waals surface area contributed by atoms with Crippen LogP contribution in [0.15, 0.2) is 53.6 Å². The topological polar surface area (TPSA) is 114 Å². The first-order valence-electron chi connectivity index (χ1n) is 9.97. The first-order chi connectivity index (χ1) is 14.5. The Balaban J connectivity index is 1.78. The molecule has 0 aliphatic heterocycles. The van der Waals surface area contributed by atoms with Crippen molar-refractivity contribution in [3.05, 3.63) is 69.8 Å². The zero-order chi connectivity index (χ0) is 21.8. The number of carbonyl (C=O) groups excluding carboxylic acids is 2. The molecular formula is C22H26N4O4. The van der Waals surface area contributed by atoms with Crippen LogP contribution < -0.4 is 10.7 Å². The highest BCUT2D eigenvalue weighted by molar-refractivity contribution is 5.96. The van der Waals surface area contributed by atoms with E-state index in [9.17, 15) is 19.7 Å². The number of hydrogen-bond donors (Lipinski definition) is 2. The number of benzene rings is 2. The minimum absolute atomic E-state index is 0.0140. The number of non-ortho nitro benzene ring substituents is 1. The number of nitrogens with one attached hydrogen (secondary N) is 2. The molecule has 0 fully saturated rings. The Morgan fingerprint density at radius 1 is 1.00 bits per heavy atom. The molecule has 30 heavy (non-hydrogen) atoms. The normalized spacial score (nSPS) is 10.7. The average molecular weight is 410 g/mol. The van der Waals surface area contributed by atoms with E-state index < -0.39 is 10.8 Å². The molecule has 0 aromatic heterocycles. The first kappa shape index (κ1) is 22.7. The summed E-state index contributed by atoms with van der Waals surface area (Å²) in [7, 11) is 0. The van der Waals surface area contributed by atoms with Gasteiger partial charge in [-0.2, -0.15) is 5.10 Å². The van der Waals surface area contributed by atoms with Crippen molar-refractivity contribution in [1.82, 2.24) is 5.43 Å². The Morgan fingerprint density at radius 3 is 2.30 bits per heavy atom. The zero-order valence-electron chi connectivity index (χ0n) is 17.0. The van der Waals surface area contributed by atoms with Gasteiger partial charge in [0.2, 0.25) is 5.91 Å². The number of rotatable bonds is 11. The van der Waals surface area contributed by atoms with Crippen LogP contribution in [0, 0.1) is 10.1 Å². The number of hydrogen-bond acceptors (Lipinski definition) is 5. The van der Waals surface area contributed by atoms with Gasteiger partial charge in [0.05, 0.1) is 11.1 Å². The Labute approximate surface area is 175 Å². The molecular weight excluding hydrogens is 384 g/mol. The predicted octanol–water partition coefficient (Wildman–Crippen LogP) is 4.66. The van der Waals surface area contributed by atoms with Crippen LogP contribution >= 0.6 is 0 Å². The van der Waals surface area contributed by atoms with Gasteiger partial charge in [-0.25, -0.2) is 5.43 Å². The summed E-state index contributed by atoms with van der Waals surface area (Å²) in [6.45, 7) is 2.15. The quantitative estimate of drug-likeness (QED) is 0.243. The van der Waals surface area contributed by atoms with Crippen LogP contribution in [0.1, 0.15) is 61.4 Å². The van der Waals surface area contributed by atoms with Gasteiger partial charge in [-0.05, 0) is 48.4 Å². The van der Waals surface area contributed by atoms with Gasteiger partial charge >= 0.3 is 0 Å². The van der Waals surface area contributed by atoms with Crippen molar-refractivity contribution in [2.75, 3.05) is 5.32 Å². The van der Waals surface area contributed by atoms with E-state index in [0.717, 1.165) is 19.3 Å². The van der Waals surface area contributed by atoms with Gasteiger partial charge in [-0.1, -0.05) is 32.6 Å². The van der Waals surface area contributed by atoms with Gasteiger partial charge in [0.25, 0.3) is 11.6 Å². The average Bonchev–Trinajstić information content (AvgIpc) is 2.74. The lowest BCUT2D eigenvalue weighted by molar-refractivity contribution is -0.384. The molecule has 0 aliphatic carbocycles. The second kappa shape index (κ2) is 12.1. The van der Waals surface area contributed by atoms with Crippen LogP contribution in [0.5, 0.6) is 0 Å². The summed E-state index contributed by atoms with van der Waals surface area (Å²) in [5.74, 6) is -0.432. The molecule has 0 heterocycles. The van der Waals surface area contributed by atoms with Gasteiger partial charge in [0.15, 0.2) is 0 Å². The largest absolute Gasteiger partial charge is 0.326 e. The molecule has 0 radical (unpaired) electrons. The summed E-state index contributed by atoms with van der Waals surface area (Å²) in [6, 6.07) is 12.3. The highest BCUT2D eigenvalue weighted by Crippen LogP contribution is 2.12. The molecule has 2 amide bonds. The van der Waals surface area contributed by atoms with E-state index in [1.165, 1.54) is 43.3 Å². The van der Waals surface area contributed by atoms with Gasteiger partial charge in [0, 0.05) is 29.8 Å². The Hall–Kier alpha value is -3.55. The molecule has 158 valence electrons. The van der Waals surface area contributed by atoms with Crippen LogP contribution in [0.3, 0.4) is 0 Å².